The van der Waals surface area contributed by atoms with Crippen molar-refractivity contribution in [3.63, 3.8) is 0 Å². The number of aliphatic imine (C=N–C) groups is 1. The maximum atomic E-state index is 11.9. The van der Waals surface area contributed by atoms with Crippen molar-refractivity contribution in [2.24, 2.45) is 10.9 Å². The monoisotopic (exact) mass is 551 g/mol. The molecule has 1 aliphatic heterocycles. The molecule has 1 aromatic carbocycles. The van der Waals surface area contributed by atoms with Gasteiger partial charge in [-0.2, -0.15) is 0 Å². The zero-order chi connectivity index (χ0) is 19.2. The highest BCUT2D eigenvalue weighted by Gasteiger charge is 2.28. The molecule has 27 heavy (non-hydrogen) atoms. The van der Waals surface area contributed by atoms with Crippen LogP contribution >= 0.6 is 39.9 Å². The van der Waals surface area contributed by atoms with Gasteiger partial charge in [-0.25, -0.2) is 0 Å². The Bertz CT molecular complexity index is 644. The lowest BCUT2D eigenvalue weighted by Crippen LogP contribution is -2.49. The molecule has 0 aliphatic carbocycles. The number of likely N-dealkylation sites (tertiary alicyclic amines) is 1. The van der Waals surface area contributed by atoms with E-state index in [2.05, 4.69) is 63.2 Å². The topological polar surface area (TPSA) is 53.9 Å². The number of halogens is 2. The van der Waals surface area contributed by atoms with Crippen molar-refractivity contribution < 1.29 is 9.53 Å². The number of carbonyl (C=O) groups excluding carboxylic acids is 1. The third-order valence-corrected chi connectivity index (χ3v) is 5.41. The second-order valence-corrected chi connectivity index (χ2v) is 8.22. The third-order valence-electron chi connectivity index (χ3n) is 4.92. The number of rotatable bonds is 5. The molecule has 1 heterocycles. The normalized spacial score (nSPS) is 15.9. The van der Waals surface area contributed by atoms with E-state index in [0.717, 1.165) is 42.9 Å². The predicted molar refractivity (Wildman–Crippen MR) is 125 cm³/mol. The minimum absolute atomic E-state index is 0. The predicted octanol–water partition coefficient (Wildman–Crippen LogP) is 4.20. The summed E-state index contributed by atoms with van der Waals surface area (Å²) in [6, 6.07) is 8.42. The Balaban J connectivity index is 0.00000364. The highest BCUT2D eigenvalue weighted by atomic mass is 127. The van der Waals surface area contributed by atoms with E-state index in [0.29, 0.717) is 6.61 Å². The summed E-state index contributed by atoms with van der Waals surface area (Å²) in [5, 5.41) is 3.51. The molecule has 0 bridgehead atoms. The molecule has 0 radical (unpaired) electrons. The van der Waals surface area contributed by atoms with E-state index >= 15 is 0 Å². The van der Waals surface area contributed by atoms with Crippen LogP contribution in [0.2, 0.25) is 0 Å². The maximum absolute atomic E-state index is 11.9. The molecule has 7 heteroatoms. The molecule has 0 spiro atoms. The largest absolute Gasteiger partial charge is 0.466 e. The van der Waals surface area contributed by atoms with Gasteiger partial charge >= 0.3 is 5.97 Å². The van der Waals surface area contributed by atoms with Crippen molar-refractivity contribution in [1.29, 1.82) is 0 Å². The van der Waals surface area contributed by atoms with E-state index in [9.17, 15) is 4.79 Å². The quantitative estimate of drug-likeness (QED) is 0.258. The fraction of sp³-hybridized carbons (Fsp3) is 0.600. The molecule has 0 saturated carbocycles. The van der Waals surface area contributed by atoms with Gasteiger partial charge in [0.05, 0.1) is 12.5 Å². The zero-order valence-electron chi connectivity index (χ0n) is 16.6. The van der Waals surface area contributed by atoms with Crippen molar-refractivity contribution in [3.8, 4) is 0 Å². The van der Waals surface area contributed by atoms with Gasteiger partial charge in [-0.15, -0.1) is 24.0 Å². The first-order valence-corrected chi connectivity index (χ1v) is 10.0. The fourth-order valence-electron chi connectivity index (χ4n) is 3.23. The van der Waals surface area contributed by atoms with Crippen molar-refractivity contribution in [2.45, 2.75) is 39.0 Å². The summed E-state index contributed by atoms with van der Waals surface area (Å²) in [6.45, 7) is 9.18. The Hall–Kier alpha value is -0.830. The lowest BCUT2D eigenvalue weighted by molar-refractivity contribution is -0.149. The van der Waals surface area contributed by atoms with Crippen LogP contribution in [0.5, 0.6) is 0 Å². The summed E-state index contributed by atoms with van der Waals surface area (Å²) in [4.78, 5) is 18.6. The number of nitrogens with one attached hydrogen (secondary N) is 1. The minimum atomic E-state index is -0.0640. The molecule has 1 saturated heterocycles. The summed E-state index contributed by atoms with van der Waals surface area (Å²) in [5.41, 5.74) is 1.25. The van der Waals surface area contributed by atoms with Crippen LogP contribution in [0.4, 0.5) is 0 Å². The van der Waals surface area contributed by atoms with Gasteiger partial charge < -0.3 is 15.0 Å². The molecule has 152 valence electrons. The number of ether oxygens (including phenoxy) is 1. The molecule has 2 rings (SSSR count). The standard InChI is InChI=1S/C20H30BrN3O2.HI/c1-5-26-18(25)15-9-11-24(12-10-15)19(22-4)23-14-20(2,3)16-7-6-8-17(21)13-16;/h6-8,13,15H,5,9-12,14H2,1-4H3,(H,22,23);1H. The fourth-order valence-corrected chi connectivity index (χ4v) is 3.63. The van der Waals surface area contributed by atoms with E-state index in [-0.39, 0.29) is 41.3 Å². The van der Waals surface area contributed by atoms with Crippen LogP contribution < -0.4 is 5.32 Å². The molecule has 1 aliphatic rings. The number of carbonyl (C=O) groups is 1. The molecule has 1 aromatic rings. The number of hydrogen-bond acceptors (Lipinski definition) is 3. The van der Waals surface area contributed by atoms with Gasteiger partial charge in [0.1, 0.15) is 0 Å². The number of guanidine groups is 1. The minimum Gasteiger partial charge on any atom is -0.466 e. The number of hydrogen-bond donors (Lipinski definition) is 1. The summed E-state index contributed by atoms with van der Waals surface area (Å²) in [7, 11) is 1.81. The van der Waals surface area contributed by atoms with Gasteiger partial charge in [0.2, 0.25) is 0 Å². The van der Waals surface area contributed by atoms with Crippen molar-refractivity contribution >= 4 is 51.8 Å². The molecule has 0 atom stereocenters. The van der Waals surface area contributed by atoms with Crippen LogP contribution in [0, 0.1) is 5.92 Å². The Morgan fingerprint density at radius 2 is 2.04 bits per heavy atom. The van der Waals surface area contributed by atoms with Gasteiger partial charge in [0.25, 0.3) is 0 Å². The Kier molecular flexibility index (Phi) is 10.1. The Labute approximate surface area is 188 Å². The molecular weight excluding hydrogens is 521 g/mol. The Morgan fingerprint density at radius 3 is 2.59 bits per heavy atom. The molecule has 1 N–H and O–H groups in total. The summed E-state index contributed by atoms with van der Waals surface area (Å²) in [5.74, 6) is 0.851. The summed E-state index contributed by atoms with van der Waals surface area (Å²) >= 11 is 3.55. The lowest BCUT2D eigenvalue weighted by Gasteiger charge is -2.35. The van der Waals surface area contributed by atoms with Crippen molar-refractivity contribution in [2.75, 3.05) is 33.3 Å². The van der Waals surface area contributed by atoms with Gasteiger partial charge in [-0.1, -0.05) is 41.9 Å². The van der Waals surface area contributed by atoms with Gasteiger partial charge in [0, 0.05) is 36.6 Å². The maximum Gasteiger partial charge on any atom is 0.309 e. The molecule has 1 fully saturated rings. The zero-order valence-corrected chi connectivity index (χ0v) is 20.5. The molecular formula is C20H31BrIN3O2. The van der Waals surface area contributed by atoms with E-state index in [1.807, 2.05) is 20.0 Å². The van der Waals surface area contributed by atoms with Crippen LogP contribution in [-0.2, 0) is 14.9 Å². The SMILES string of the molecule is CCOC(=O)C1CCN(C(=NC)NCC(C)(C)c2cccc(Br)c2)CC1.I. The first kappa shape index (κ1) is 24.2. The van der Waals surface area contributed by atoms with Gasteiger partial charge in [0.15, 0.2) is 5.96 Å². The first-order chi connectivity index (χ1) is 12.4. The molecule has 0 unspecified atom stereocenters. The van der Waals surface area contributed by atoms with Gasteiger partial charge in [-0.3, -0.25) is 9.79 Å². The van der Waals surface area contributed by atoms with E-state index in [1.54, 1.807) is 0 Å². The lowest BCUT2D eigenvalue weighted by atomic mass is 9.84. The molecule has 0 aromatic heterocycles. The average Bonchev–Trinajstić information content (AvgIpc) is 2.63. The van der Waals surface area contributed by atoms with Crippen LogP contribution in [0.25, 0.3) is 0 Å². The van der Waals surface area contributed by atoms with Gasteiger partial charge in [-0.05, 0) is 37.5 Å². The second kappa shape index (κ2) is 11.2. The third kappa shape index (κ3) is 6.93. The van der Waals surface area contributed by atoms with E-state index < -0.39 is 0 Å². The number of nitrogens with zero attached hydrogens (tertiary/aromatic N) is 2. The number of benzene rings is 1. The Morgan fingerprint density at radius 1 is 1.37 bits per heavy atom. The number of esters is 1. The summed E-state index contributed by atoms with van der Waals surface area (Å²) < 4.78 is 6.24. The van der Waals surface area contributed by atoms with Crippen molar-refractivity contribution in [3.05, 3.63) is 34.3 Å². The molecule has 0 amide bonds. The highest BCUT2D eigenvalue weighted by Crippen LogP contribution is 2.25. The average molecular weight is 552 g/mol. The smallest absolute Gasteiger partial charge is 0.309 e. The van der Waals surface area contributed by atoms with E-state index in [4.69, 9.17) is 4.74 Å². The second-order valence-electron chi connectivity index (χ2n) is 7.31. The van der Waals surface area contributed by atoms with Crippen LogP contribution in [0.3, 0.4) is 0 Å². The summed E-state index contributed by atoms with van der Waals surface area (Å²) in [6.07, 6.45) is 1.63. The first-order valence-electron chi connectivity index (χ1n) is 9.25. The number of piperidine rings is 1. The highest BCUT2D eigenvalue weighted by molar-refractivity contribution is 14.0. The van der Waals surface area contributed by atoms with Crippen LogP contribution in [-0.4, -0.2) is 50.1 Å². The van der Waals surface area contributed by atoms with E-state index in [1.165, 1.54) is 5.56 Å². The molecule has 5 nitrogen and oxygen atoms in total. The van der Waals surface area contributed by atoms with Crippen molar-refractivity contribution in [1.82, 2.24) is 10.2 Å². The van der Waals surface area contributed by atoms with Crippen LogP contribution in [0.1, 0.15) is 39.2 Å². The van der Waals surface area contributed by atoms with Crippen LogP contribution in [0.15, 0.2) is 33.7 Å².